The molecule has 1 aliphatic carbocycles. The van der Waals surface area contributed by atoms with Crippen molar-refractivity contribution in [2.75, 3.05) is 13.1 Å². The lowest BCUT2D eigenvalue weighted by molar-refractivity contribution is -0.126. The number of hydrogen-bond acceptors (Lipinski definition) is 3. The van der Waals surface area contributed by atoms with Gasteiger partial charge in [-0.15, -0.1) is 0 Å². The van der Waals surface area contributed by atoms with Gasteiger partial charge >= 0.3 is 0 Å². The van der Waals surface area contributed by atoms with E-state index in [1.54, 1.807) is 30.3 Å². The fraction of sp³-hybridized carbons (Fsp3) is 0.435. The molecule has 1 aliphatic heterocycles. The number of carbonyl (C=O) groups excluding carboxylic acids is 1. The van der Waals surface area contributed by atoms with Gasteiger partial charge in [-0.2, -0.15) is 4.31 Å². The summed E-state index contributed by atoms with van der Waals surface area (Å²) >= 11 is 0. The van der Waals surface area contributed by atoms with Crippen LogP contribution in [0.2, 0.25) is 0 Å². The van der Waals surface area contributed by atoms with Crippen LogP contribution in [0.15, 0.2) is 53.4 Å². The van der Waals surface area contributed by atoms with Crippen molar-refractivity contribution >= 4 is 15.9 Å². The summed E-state index contributed by atoms with van der Waals surface area (Å²) in [6, 6.07) is 15.0. The summed E-state index contributed by atoms with van der Waals surface area (Å²) in [5.74, 6) is -0.121. The molecule has 0 saturated carbocycles. The van der Waals surface area contributed by atoms with Crippen LogP contribution in [0.5, 0.6) is 0 Å². The van der Waals surface area contributed by atoms with E-state index in [1.165, 1.54) is 21.9 Å². The highest BCUT2D eigenvalue weighted by Gasteiger charge is 2.32. The van der Waals surface area contributed by atoms with Gasteiger partial charge in [-0.3, -0.25) is 4.79 Å². The van der Waals surface area contributed by atoms with E-state index in [0.29, 0.717) is 30.8 Å². The highest BCUT2D eigenvalue weighted by molar-refractivity contribution is 7.89. The minimum Gasteiger partial charge on any atom is -0.349 e. The Morgan fingerprint density at radius 2 is 1.72 bits per heavy atom. The summed E-state index contributed by atoms with van der Waals surface area (Å²) in [6.45, 7) is 2.77. The van der Waals surface area contributed by atoms with Crippen molar-refractivity contribution in [3.8, 4) is 0 Å². The molecule has 0 spiro atoms. The molecule has 1 N–H and O–H groups in total. The summed E-state index contributed by atoms with van der Waals surface area (Å²) in [4.78, 5) is 13.1. The standard InChI is InChI=1S/C23H28N2O3S/c1-17(20-11-10-18-6-5-7-21(18)16-20)24-23(26)19-12-14-25(15-13-19)29(27,28)22-8-3-2-4-9-22/h2-4,8-11,16-17,19H,5-7,12-15H2,1H3,(H,24,26)/t17-/m1/s1. The van der Waals surface area contributed by atoms with E-state index >= 15 is 0 Å². The zero-order valence-electron chi connectivity index (χ0n) is 16.8. The van der Waals surface area contributed by atoms with Crippen molar-refractivity contribution in [2.24, 2.45) is 5.92 Å². The molecule has 0 aromatic heterocycles. The van der Waals surface area contributed by atoms with Crippen LogP contribution in [0.4, 0.5) is 0 Å². The number of rotatable bonds is 5. The fourth-order valence-electron chi connectivity index (χ4n) is 4.38. The molecular weight excluding hydrogens is 384 g/mol. The van der Waals surface area contributed by atoms with Gasteiger partial charge < -0.3 is 5.32 Å². The van der Waals surface area contributed by atoms with E-state index < -0.39 is 10.0 Å². The summed E-state index contributed by atoms with van der Waals surface area (Å²) in [6.07, 6.45) is 4.59. The van der Waals surface area contributed by atoms with Crippen LogP contribution < -0.4 is 5.32 Å². The van der Waals surface area contributed by atoms with Gasteiger partial charge in [0.15, 0.2) is 0 Å². The number of aryl methyl sites for hydroxylation is 2. The molecule has 1 heterocycles. The molecule has 0 radical (unpaired) electrons. The molecule has 2 aromatic carbocycles. The molecule has 0 unspecified atom stereocenters. The lowest BCUT2D eigenvalue weighted by Crippen LogP contribution is -2.43. The normalized spacial score (nSPS) is 18.9. The SMILES string of the molecule is C[C@@H](NC(=O)C1CCN(S(=O)(=O)c2ccccc2)CC1)c1ccc2c(c1)CCC2. The number of benzene rings is 2. The second-order valence-corrected chi connectivity index (χ2v) is 10.0. The van der Waals surface area contributed by atoms with Gasteiger partial charge in [0.1, 0.15) is 0 Å². The number of piperidine rings is 1. The number of nitrogens with zero attached hydrogens (tertiary/aromatic N) is 1. The number of sulfonamides is 1. The van der Waals surface area contributed by atoms with Gasteiger partial charge in [-0.1, -0.05) is 36.4 Å². The number of amides is 1. The Hall–Kier alpha value is -2.18. The molecule has 2 aromatic rings. The van der Waals surface area contributed by atoms with Crippen LogP contribution >= 0.6 is 0 Å². The first-order valence-corrected chi connectivity index (χ1v) is 11.9. The predicted octanol–water partition coefficient (Wildman–Crippen LogP) is 3.45. The van der Waals surface area contributed by atoms with Crippen molar-refractivity contribution in [1.29, 1.82) is 0 Å². The van der Waals surface area contributed by atoms with Crippen molar-refractivity contribution < 1.29 is 13.2 Å². The van der Waals surface area contributed by atoms with Gasteiger partial charge in [0.05, 0.1) is 10.9 Å². The predicted molar refractivity (Wildman–Crippen MR) is 113 cm³/mol. The number of hydrogen-bond donors (Lipinski definition) is 1. The third-order valence-electron chi connectivity index (χ3n) is 6.19. The lowest BCUT2D eigenvalue weighted by atomic mass is 9.96. The Labute approximate surface area is 173 Å². The molecule has 29 heavy (non-hydrogen) atoms. The lowest BCUT2D eigenvalue weighted by Gasteiger charge is -2.31. The first-order chi connectivity index (χ1) is 13.9. The van der Waals surface area contributed by atoms with Crippen molar-refractivity contribution in [3.63, 3.8) is 0 Å². The molecule has 1 fully saturated rings. The van der Waals surface area contributed by atoms with Crippen LogP contribution in [-0.4, -0.2) is 31.7 Å². The largest absolute Gasteiger partial charge is 0.349 e. The average Bonchev–Trinajstić information content (AvgIpc) is 3.22. The Balaban J connectivity index is 1.34. The zero-order chi connectivity index (χ0) is 20.4. The second-order valence-electron chi connectivity index (χ2n) is 8.10. The third kappa shape index (κ3) is 4.23. The monoisotopic (exact) mass is 412 g/mol. The Morgan fingerprint density at radius 1 is 1.03 bits per heavy atom. The van der Waals surface area contributed by atoms with Crippen molar-refractivity contribution in [3.05, 3.63) is 65.2 Å². The van der Waals surface area contributed by atoms with Gasteiger partial charge in [0.2, 0.25) is 15.9 Å². The summed E-state index contributed by atoms with van der Waals surface area (Å²) in [5.41, 5.74) is 3.98. The van der Waals surface area contributed by atoms with E-state index in [-0.39, 0.29) is 17.9 Å². The van der Waals surface area contributed by atoms with Crippen LogP contribution in [0.1, 0.15) is 48.9 Å². The Bertz CT molecular complexity index is 980. The van der Waals surface area contributed by atoms with Crippen LogP contribution in [-0.2, 0) is 27.7 Å². The highest BCUT2D eigenvalue weighted by atomic mass is 32.2. The summed E-state index contributed by atoms with van der Waals surface area (Å²) in [5, 5.41) is 3.14. The molecule has 1 saturated heterocycles. The maximum atomic E-state index is 12.8. The quantitative estimate of drug-likeness (QED) is 0.818. The van der Waals surface area contributed by atoms with Crippen LogP contribution in [0.3, 0.4) is 0 Å². The molecule has 4 rings (SSSR count). The summed E-state index contributed by atoms with van der Waals surface area (Å²) in [7, 11) is -3.48. The molecule has 2 aliphatic rings. The smallest absolute Gasteiger partial charge is 0.243 e. The molecular formula is C23H28N2O3S. The van der Waals surface area contributed by atoms with Crippen LogP contribution in [0.25, 0.3) is 0 Å². The van der Waals surface area contributed by atoms with E-state index in [1.807, 2.05) is 6.92 Å². The first kappa shape index (κ1) is 20.1. The van der Waals surface area contributed by atoms with Gasteiger partial charge in [0, 0.05) is 19.0 Å². The highest BCUT2D eigenvalue weighted by Crippen LogP contribution is 2.27. The molecule has 1 amide bonds. The van der Waals surface area contributed by atoms with E-state index in [9.17, 15) is 13.2 Å². The van der Waals surface area contributed by atoms with Crippen molar-refractivity contribution in [2.45, 2.75) is 50.0 Å². The molecule has 0 bridgehead atoms. The zero-order valence-corrected chi connectivity index (χ0v) is 17.6. The van der Waals surface area contributed by atoms with Crippen molar-refractivity contribution in [1.82, 2.24) is 9.62 Å². The Kier molecular flexibility index (Phi) is 5.74. The van der Waals surface area contributed by atoms with Gasteiger partial charge in [-0.25, -0.2) is 8.42 Å². The number of nitrogens with one attached hydrogen (secondary N) is 1. The van der Waals surface area contributed by atoms with Gasteiger partial charge in [-0.05, 0) is 67.9 Å². The molecule has 154 valence electrons. The maximum Gasteiger partial charge on any atom is 0.243 e. The topological polar surface area (TPSA) is 66.5 Å². The molecule has 6 heteroatoms. The minimum atomic E-state index is -3.48. The maximum absolute atomic E-state index is 12.8. The first-order valence-electron chi connectivity index (χ1n) is 10.4. The third-order valence-corrected chi connectivity index (χ3v) is 8.10. The van der Waals surface area contributed by atoms with Crippen LogP contribution in [0, 0.1) is 5.92 Å². The fourth-order valence-corrected chi connectivity index (χ4v) is 5.87. The van der Waals surface area contributed by atoms with Gasteiger partial charge in [0.25, 0.3) is 0 Å². The molecule has 5 nitrogen and oxygen atoms in total. The molecule has 1 atom stereocenters. The second kappa shape index (κ2) is 8.28. The minimum absolute atomic E-state index is 0.0229. The van der Waals surface area contributed by atoms with E-state index in [0.717, 1.165) is 18.4 Å². The average molecular weight is 413 g/mol. The number of carbonyl (C=O) groups is 1. The summed E-state index contributed by atoms with van der Waals surface area (Å²) < 4.78 is 27.0. The Morgan fingerprint density at radius 3 is 2.45 bits per heavy atom. The van der Waals surface area contributed by atoms with E-state index in [4.69, 9.17) is 0 Å². The van der Waals surface area contributed by atoms with E-state index in [2.05, 4.69) is 23.5 Å². The number of fused-ring (bicyclic) bond motifs is 1.